The number of methoxy groups -OCH3 is 2. The van der Waals surface area contributed by atoms with Gasteiger partial charge in [0.05, 0.1) is 30.5 Å². The predicted molar refractivity (Wildman–Crippen MR) is 136 cm³/mol. The van der Waals surface area contributed by atoms with Crippen molar-refractivity contribution in [3.63, 3.8) is 0 Å². The third-order valence-corrected chi connectivity index (χ3v) is 7.51. The summed E-state index contributed by atoms with van der Waals surface area (Å²) in [6.07, 6.45) is -0.120. The van der Waals surface area contributed by atoms with E-state index in [0.717, 1.165) is 0 Å². The molecule has 1 amide bonds. The third kappa shape index (κ3) is 4.77. The number of nitrogens with one attached hydrogen (secondary N) is 1. The highest BCUT2D eigenvalue weighted by Gasteiger charge is 2.27. The molecule has 0 fully saturated rings. The molecule has 2 aliphatic heterocycles. The van der Waals surface area contributed by atoms with E-state index in [4.69, 9.17) is 13.9 Å². The quantitative estimate of drug-likeness (QED) is 0.244. The van der Waals surface area contributed by atoms with E-state index in [1.54, 1.807) is 18.2 Å². The Hall–Kier alpha value is -3.90. The standard InChI is InChI=1S/C24H22N2O8S2/c1-12-9-17(28)20(24(31)34-12)16(27)5-4-6-19(29)25-21-22-15(11-35-36-22)26(23(21)30)14-8-7-13(32-2)10-18(14)33-3/h7-11,28H,4-6H2,1-3H3,(H,25,29). The fraction of sp³-hybridized carbons (Fsp3) is 0.250. The molecule has 0 aliphatic carbocycles. The number of carbonyl (C=O) groups is 2. The van der Waals surface area contributed by atoms with E-state index in [9.17, 15) is 24.3 Å². The van der Waals surface area contributed by atoms with E-state index >= 15 is 0 Å². The normalized spacial score (nSPS) is 11.0. The van der Waals surface area contributed by atoms with Gasteiger partial charge in [0.2, 0.25) is 5.91 Å². The van der Waals surface area contributed by atoms with Gasteiger partial charge in [0, 0.05) is 30.4 Å². The van der Waals surface area contributed by atoms with Crippen LogP contribution in [0, 0.1) is 6.92 Å². The van der Waals surface area contributed by atoms with Gasteiger partial charge < -0.3 is 24.3 Å². The van der Waals surface area contributed by atoms with Crippen molar-refractivity contribution in [2.75, 3.05) is 19.5 Å². The minimum atomic E-state index is -0.922. The smallest absolute Gasteiger partial charge is 0.350 e. The van der Waals surface area contributed by atoms with E-state index in [-0.39, 0.29) is 30.7 Å². The lowest BCUT2D eigenvalue weighted by molar-refractivity contribution is -0.116. The average molecular weight is 531 g/mol. The predicted octanol–water partition coefficient (Wildman–Crippen LogP) is 4.04. The van der Waals surface area contributed by atoms with Crippen molar-refractivity contribution in [1.82, 2.24) is 4.57 Å². The molecule has 0 bridgehead atoms. The van der Waals surface area contributed by atoms with Crippen LogP contribution in [0.1, 0.15) is 35.4 Å². The lowest BCUT2D eigenvalue weighted by Gasteiger charge is -2.11. The largest absolute Gasteiger partial charge is 0.507 e. The maximum atomic E-state index is 13.3. The Morgan fingerprint density at radius 3 is 2.61 bits per heavy atom. The average Bonchev–Trinajstić information content (AvgIpc) is 3.39. The summed E-state index contributed by atoms with van der Waals surface area (Å²) in [6.45, 7) is 1.48. The van der Waals surface area contributed by atoms with Gasteiger partial charge in [-0.1, -0.05) is 20.7 Å². The first-order valence-electron chi connectivity index (χ1n) is 10.8. The highest BCUT2D eigenvalue weighted by Crippen LogP contribution is 2.41. The van der Waals surface area contributed by atoms with Crippen LogP contribution in [-0.4, -0.2) is 35.6 Å². The van der Waals surface area contributed by atoms with Crippen molar-refractivity contribution < 1.29 is 28.6 Å². The molecule has 0 saturated heterocycles. The molecule has 10 nitrogen and oxygen atoms in total. The van der Waals surface area contributed by atoms with Crippen LogP contribution in [0.5, 0.6) is 17.2 Å². The zero-order valence-corrected chi connectivity index (χ0v) is 21.2. The second-order valence-corrected chi connectivity index (χ2v) is 9.88. The van der Waals surface area contributed by atoms with Crippen LogP contribution in [0.15, 0.2) is 43.7 Å². The summed E-state index contributed by atoms with van der Waals surface area (Å²) in [5, 5.41) is 14.4. The topological polar surface area (TPSA) is 137 Å². The zero-order chi connectivity index (χ0) is 26.0. The van der Waals surface area contributed by atoms with Crippen molar-refractivity contribution >= 4 is 38.1 Å². The van der Waals surface area contributed by atoms with Crippen LogP contribution >= 0.6 is 20.7 Å². The third-order valence-electron chi connectivity index (χ3n) is 5.44. The molecule has 0 unspecified atom stereocenters. The number of fused-ring (bicyclic) bond motifs is 1. The fourth-order valence-electron chi connectivity index (χ4n) is 3.76. The summed E-state index contributed by atoms with van der Waals surface area (Å²) in [6, 6.07) is 6.26. The van der Waals surface area contributed by atoms with Gasteiger partial charge in [-0.2, -0.15) is 0 Å². The lowest BCUT2D eigenvalue weighted by Crippen LogP contribution is -2.21. The number of anilines is 1. The summed E-state index contributed by atoms with van der Waals surface area (Å²) in [5.74, 6) is -0.357. The van der Waals surface area contributed by atoms with E-state index in [2.05, 4.69) is 5.32 Å². The van der Waals surface area contributed by atoms with Crippen LogP contribution in [-0.2, 0) is 4.79 Å². The van der Waals surface area contributed by atoms with Crippen LogP contribution in [0.25, 0.3) is 16.3 Å². The van der Waals surface area contributed by atoms with Gasteiger partial charge >= 0.3 is 5.63 Å². The number of rotatable bonds is 9. The van der Waals surface area contributed by atoms with E-state index < -0.39 is 34.2 Å². The summed E-state index contributed by atoms with van der Waals surface area (Å²) < 4.78 is 17.0. The molecule has 12 heteroatoms. The summed E-state index contributed by atoms with van der Waals surface area (Å²) >= 11 is 0. The Morgan fingerprint density at radius 2 is 1.92 bits per heavy atom. The van der Waals surface area contributed by atoms with E-state index in [1.165, 1.54) is 52.5 Å². The number of benzene rings is 1. The van der Waals surface area contributed by atoms with Crippen molar-refractivity contribution in [3.8, 4) is 33.5 Å². The number of aryl methyl sites for hydroxylation is 1. The van der Waals surface area contributed by atoms with E-state index in [1.807, 2.05) is 5.38 Å². The molecule has 2 N–H and O–H groups in total. The molecule has 0 saturated carbocycles. The lowest BCUT2D eigenvalue weighted by atomic mass is 10.1. The number of aromatic hydroxyl groups is 1. The molecule has 1 aromatic carbocycles. The molecular formula is C24H22N2O8S2. The minimum absolute atomic E-state index is 0.0729. The van der Waals surface area contributed by atoms with Crippen molar-refractivity contribution in [3.05, 3.63) is 61.7 Å². The first-order chi connectivity index (χ1) is 17.2. The molecule has 2 aromatic rings. The molecule has 188 valence electrons. The maximum Gasteiger partial charge on any atom is 0.350 e. The Labute approximate surface area is 212 Å². The second-order valence-electron chi connectivity index (χ2n) is 7.79. The Balaban J connectivity index is 1.51. The number of Topliss-reactive ketones (excluding diaryl/α,β-unsaturated/α-hetero) is 1. The van der Waals surface area contributed by atoms with Gasteiger partial charge in [0.15, 0.2) is 5.78 Å². The van der Waals surface area contributed by atoms with Gasteiger partial charge in [0.1, 0.15) is 34.3 Å². The first-order valence-corrected chi connectivity index (χ1v) is 13.0. The van der Waals surface area contributed by atoms with Crippen molar-refractivity contribution in [1.29, 1.82) is 0 Å². The van der Waals surface area contributed by atoms with Gasteiger partial charge in [-0.3, -0.25) is 19.0 Å². The zero-order valence-electron chi connectivity index (χ0n) is 19.6. The summed E-state index contributed by atoms with van der Waals surface area (Å²) in [7, 11) is 5.79. The summed E-state index contributed by atoms with van der Waals surface area (Å²) in [4.78, 5) is 50.9. The minimum Gasteiger partial charge on any atom is -0.507 e. The van der Waals surface area contributed by atoms with Crippen LogP contribution in [0.4, 0.5) is 5.69 Å². The molecule has 0 atom stereocenters. The van der Waals surface area contributed by atoms with E-state index in [0.29, 0.717) is 27.8 Å². The van der Waals surface area contributed by atoms with Gasteiger partial charge in [-0.15, -0.1) is 0 Å². The molecule has 0 radical (unpaired) electrons. The number of amides is 1. The molecular weight excluding hydrogens is 508 g/mol. The first kappa shape index (κ1) is 25.2. The van der Waals surface area contributed by atoms with Crippen LogP contribution in [0.3, 0.4) is 0 Å². The molecule has 4 rings (SSSR count). The van der Waals surface area contributed by atoms with Crippen LogP contribution in [0.2, 0.25) is 0 Å². The van der Waals surface area contributed by atoms with Gasteiger partial charge in [-0.05, 0) is 25.5 Å². The molecule has 36 heavy (non-hydrogen) atoms. The second kappa shape index (κ2) is 10.4. The number of aromatic nitrogens is 1. The fourth-order valence-corrected chi connectivity index (χ4v) is 5.97. The van der Waals surface area contributed by atoms with Crippen molar-refractivity contribution in [2.24, 2.45) is 0 Å². The Kier molecular flexibility index (Phi) is 7.27. The number of nitrogens with zero attached hydrogens (tertiary/aromatic N) is 1. The number of hydrogen-bond acceptors (Lipinski definition) is 10. The molecule has 0 spiro atoms. The summed E-state index contributed by atoms with van der Waals surface area (Å²) in [5.41, 5.74) is -0.501. The number of ether oxygens (including phenoxy) is 2. The number of hydrogen-bond donors (Lipinski definition) is 2. The van der Waals surface area contributed by atoms with Gasteiger partial charge in [-0.25, -0.2) is 4.79 Å². The maximum absolute atomic E-state index is 13.3. The Bertz CT molecular complexity index is 1530. The number of carbonyl (C=O) groups excluding carboxylic acids is 2. The monoisotopic (exact) mass is 530 g/mol. The molecule has 2 aliphatic rings. The Morgan fingerprint density at radius 1 is 1.14 bits per heavy atom. The van der Waals surface area contributed by atoms with Crippen molar-refractivity contribution in [2.45, 2.75) is 26.2 Å². The highest BCUT2D eigenvalue weighted by molar-refractivity contribution is 7.70. The SMILES string of the molecule is COc1ccc(-n2c3cssc-3c(NC(=O)CCCC(=O)c3c(O)cc(C)oc3=O)c2=O)c(OC)c1. The highest BCUT2D eigenvalue weighted by atomic mass is 32.9. The number of ketones is 1. The molecule has 3 heterocycles. The van der Waals surface area contributed by atoms with Gasteiger partial charge in [0.25, 0.3) is 5.56 Å². The van der Waals surface area contributed by atoms with Crippen LogP contribution < -0.4 is 26.0 Å². The molecule has 1 aromatic heterocycles.